The van der Waals surface area contributed by atoms with Crippen LogP contribution in [0.15, 0.2) is 71.3 Å². The van der Waals surface area contributed by atoms with Gasteiger partial charge in [0.1, 0.15) is 5.82 Å². The average molecular weight is 391 g/mol. The average Bonchev–Trinajstić information content (AvgIpc) is 2.70. The molecule has 0 aromatic carbocycles. The number of allylic oxidation sites excluding steroid dienone is 5. The quantitative estimate of drug-likeness (QED) is 0.779. The van der Waals surface area contributed by atoms with Crippen LogP contribution in [0.1, 0.15) is 50.3 Å². The lowest BCUT2D eigenvalue weighted by molar-refractivity contribution is 0.253. The summed E-state index contributed by atoms with van der Waals surface area (Å²) in [4.78, 5) is 11.3. The Kier molecular flexibility index (Phi) is 7.45. The number of aliphatic imine (C=N–C) groups is 1. The largest absolute Gasteiger partial charge is 0.401 e. The fraction of sp³-hybridized carbons (Fsp3) is 0.440. The summed E-state index contributed by atoms with van der Waals surface area (Å²) in [5, 5.41) is 0. The molecule has 4 heteroatoms. The maximum absolute atomic E-state index is 6.48. The van der Waals surface area contributed by atoms with Gasteiger partial charge in [0.15, 0.2) is 0 Å². The molecule has 1 aliphatic carbocycles. The Bertz CT molecular complexity index is 838. The highest BCUT2D eigenvalue weighted by atomic mass is 15.2. The molecule has 0 bridgehead atoms. The molecule has 3 rings (SSSR count). The molecule has 0 amide bonds. The molecule has 1 saturated carbocycles. The van der Waals surface area contributed by atoms with Gasteiger partial charge in [-0.2, -0.15) is 0 Å². The zero-order valence-electron chi connectivity index (χ0n) is 17.9. The first-order chi connectivity index (χ1) is 14.0. The predicted octanol–water partition coefficient (Wildman–Crippen LogP) is 5.09. The molecular formula is C25H34N4. The first kappa shape index (κ1) is 21.1. The molecule has 29 heavy (non-hydrogen) atoms. The van der Waals surface area contributed by atoms with Crippen LogP contribution in [-0.2, 0) is 6.42 Å². The first-order valence-electron chi connectivity index (χ1n) is 10.7. The van der Waals surface area contributed by atoms with Crippen molar-refractivity contribution in [2.24, 2.45) is 16.6 Å². The number of nitrogens with zero attached hydrogens (tertiary/aromatic N) is 3. The topological polar surface area (TPSA) is 54.5 Å². The van der Waals surface area contributed by atoms with Crippen molar-refractivity contribution in [3.63, 3.8) is 0 Å². The fourth-order valence-electron chi connectivity index (χ4n) is 4.10. The van der Waals surface area contributed by atoms with Crippen LogP contribution in [0.4, 0.5) is 0 Å². The van der Waals surface area contributed by atoms with E-state index < -0.39 is 0 Å². The third-order valence-electron chi connectivity index (χ3n) is 5.73. The van der Waals surface area contributed by atoms with Crippen molar-refractivity contribution in [1.29, 1.82) is 0 Å². The Morgan fingerprint density at radius 1 is 1.17 bits per heavy atom. The molecular weight excluding hydrogens is 356 g/mol. The highest BCUT2D eigenvalue weighted by Crippen LogP contribution is 2.26. The zero-order chi connectivity index (χ0) is 20.6. The highest BCUT2D eigenvalue weighted by molar-refractivity contribution is 5.94. The molecule has 0 radical (unpaired) electrons. The van der Waals surface area contributed by atoms with Gasteiger partial charge in [0.25, 0.3) is 0 Å². The van der Waals surface area contributed by atoms with Crippen molar-refractivity contribution in [2.75, 3.05) is 13.1 Å². The Labute approximate surface area is 175 Å². The minimum Gasteiger partial charge on any atom is -0.401 e. The molecule has 4 nitrogen and oxygen atoms in total. The molecule has 154 valence electrons. The van der Waals surface area contributed by atoms with Crippen LogP contribution < -0.4 is 5.73 Å². The lowest BCUT2D eigenvalue weighted by Crippen LogP contribution is -2.30. The standard InChI is InChI=1S/C25H34N4/c1-19-11-12-24(25(26)17-23-13-14-27-20(2)16-23)10-7-15-29(21(3)28-19)18-22-8-5-4-6-9-22/h7,10-14,16,22H,3-6,8-9,15,17-18,26H2,1-2H3/b10-7+,12-11?,25-24?,28-19?. The lowest BCUT2D eigenvalue weighted by Gasteiger charge is -2.30. The number of hydrogen-bond acceptors (Lipinski definition) is 4. The molecule has 0 atom stereocenters. The summed E-state index contributed by atoms with van der Waals surface area (Å²) in [7, 11) is 0. The van der Waals surface area contributed by atoms with E-state index in [9.17, 15) is 0 Å². The molecule has 2 heterocycles. The summed E-state index contributed by atoms with van der Waals surface area (Å²) in [5.41, 5.74) is 11.5. The van der Waals surface area contributed by atoms with Gasteiger partial charge in [-0.3, -0.25) is 4.98 Å². The molecule has 1 aromatic heterocycles. The second kappa shape index (κ2) is 10.2. The van der Waals surface area contributed by atoms with Crippen LogP contribution >= 0.6 is 0 Å². The smallest absolute Gasteiger partial charge is 0.121 e. The minimum absolute atomic E-state index is 0.710. The van der Waals surface area contributed by atoms with Gasteiger partial charge in [-0.25, -0.2) is 4.99 Å². The van der Waals surface area contributed by atoms with Crippen molar-refractivity contribution in [3.05, 3.63) is 77.6 Å². The number of aromatic nitrogens is 1. The highest BCUT2D eigenvalue weighted by Gasteiger charge is 2.18. The van der Waals surface area contributed by atoms with E-state index in [0.717, 1.165) is 47.5 Å². The zero-order valence-corrected chi connectivity index (χ0v) is 17.9. The molecule has 0 saturated heterocycles. The van der Waals surface area contributed by atoms with E-state index in [1.165, 1.54) is 37.7 Å². The number of aryl methyl sites for hydroxylation is 1. The van der Waals surface area contributed by atoms with Crippen molar-refractivity contribution in [3.8, 4) is 0 Å². The van der Waals surface area contributed by atoms with E-state index in [1.54, 1.807) is 0 Å². The second-order valence-corrected chi connectivity index (χ2v) is 8.28. The summed E-state index contributed by atoms with van der Waals surface area (Å²) in [6, 6.07) is 4.11. The third kappa shape index (κ3) is 6.45. The van der Waals surface area contributed by atoms with E-state index in [2.05, 4.69) is 40.8 Å². The fourth-order valence-corrected chi connectivity index (χ4v) is 4.10. The van der Waals surface area contributed by atoms with Crippen LogP contribution in [0.2, 0.25) is 0 Å². The Hall–Kier alpha value is -2.62. The normalized spacial score (nSPS) is 21.7. The van der Waals surface area contributed by atoms with Crippen molar-refractivity contribution < 1.29 is 0 Å². The Morgan fingerprint density at radius 2 is 1.97 bits per heavy atom. The maximum atomic E-state index is 6.48. The van der Waals surface area contributed by atoms with Crippen molar-refractivity contribution in [2.45, 2.75) is 52.4 Å². The van der Waals surface area contributed by atoms with E-state index in [4.69, 9.17) is 10.7 Å². The summed E-state index contributed by atoms with van der Waals surface area (Å²) < 4.78 is 0. The van der Waals surface area contributed by atoms with Crippen LogP contribution in [0.5, 0.6) is 0 Å². The number of pyridine rings is 1. The number of nitrogens with two attached hydrogens (primary N) is 1. The van der Waals surface area contributed by atoms with Gasteiger partial charge >= 0.3 is 0 Å². The molecule has 2 N–H and O–H groups in total. The summed E-state index contributed by atoms with van der Waals surface area (Å²) in [6.45, 7) is 10.1. The van der Waals surface area contributed by atoms with Gasteiger partial charge in [-0.05, 0) is 62.0 Å². The number of hydrogen-bond donors (Lipinski definition) is 1. The number of rotatable bonds is 4. The Morgan fingerprint density at radius 3 is 2.72 bits per heavy atom. The minimum atomic E-state index is 0.710. The lowest BCUT2D eigenvalue weighted by atomic mass is 9.89. The van der Waals surface area contributed by atoms with Gasteiger partial charge in [0.2, 0.25) is 0 Å². The second-order valence-electron chi connectivity index (χ2n) is 8.28. The molecule has 0 spiro atoms. The monoisotopic (exact) mass is 390 g/mol. The van der Waals surface area contributed by atoms with E-state index in [1.807, 2.05) is 32.2 Å². The van der Waals surface area contributed by atoms with Crippen molar-refractivity contribution >= 4 is 5.71 Å². The molecule has 0 unspecified atom stereocenters. The van der Waals surface area contributed by atoms with E-state index >= 15 is 0 Å². The SMILES string of the molecule is C=C1N=C(C)C=CC(=C(N)Cc2ccnc(C)c2)/C=C/CN1CC1CCCCC1. The van der Waals surface area contributed by atoms with Crippen molar-refractivity contribution in [1.82, 2.24) is 9.88 Å². The van der Waals surface area contributed by atoms with Crippen LogP contribution in [0, 0.1) is 12.8 Å². The van der Waals surface area contributed by atoms with Gasteiger partial charge < -0.3 is 10.6 Å². The molecule has 2 aliphatic rings. The van der Waals surface area contributed by atoms with E-state index in [-0.39, 0.29) is 0 Å². The Balaban J connectivity index is 1.79. The van der Waals surface area contributed by atoms with E-state index in [0.29, 0.717) is 6.42 Å². The maximum Gasteiger partial charge on any atom is 0.121 e. The van der Waals surface area contributed by atoms with Gasteiger partial charge in [-0.1, -0.05) is 44.1 Å². The van der Waals surface area contributed by atoms with Crippen LogP contribution in [0.3, 0.4) is 0 Å². The predicted molar refractivity (Wildman–Crippen MR) is 123 cm³/mol. The van der Waals surface area contributed by atoms with Gasteiger partial charge in [0.05, 0.1) is 0 Å². The van der Waals surface area contributed by atoms with Gasteiger partial charge in [0, 0.05) is 42.8 Å². The molecule has 1 fully saturated rings. The molecule has 1 aromatic rings. The molecule has 1 aliphatic heterocycles. The van der Waals surface area contributed by atoms with Gasteiger partial charge in [-0.15, -0.1) is 0 Å². The van der Waals surface area contributed by atoms with Crippen LogP contribution in [0.25, 0.3) is 0 Å². The van der Waals surface area contributed by atoms with Crippen LogP contribution in [-0.4, -0.2) is 28.7 Å². The third-order valence-corrected chi connectivity index (χ3v) is 5.73. The summed E-state index contributed by atoms with van der Waals surface area (Å²) in [5.74, 6) is 1.60. The summed E-state index contributed by atoms with van der Waals surface area (Å²) in [6.07, 6.45) is 17.7. The first-order valence-corrected chi connectivity index (χ1v) is 10.7. The summed E-state index contributed by atoms with van der Waals surface area (Å²) >= 11 is 0.